The Morgan fingerprint density at radius 1 is 1.19 bits per heavy atom. The number of urea groups is 1. The quantitative estimate of drug-likeness (QED) is 0.888. The van der Waals surface area contributed by atoms with Crippen LogP contribution in [-0.4, -0.2) is 15.8 Å². The summed E-state index contributed by atoms with van der Waals surface area (Å²) in [7, 11) is 0. The number of aromatic nitrogens is 2. The molecule has 1 heterocycles. The third-order valence-corrected chi connectivity index (χ3v) is 4.03. The van der Waals surface area contributed by atoms with E-state index in [2.05, 4.69) is 15.7 Å². The number of carbonyl (C=O) groups is 1. The highest BCUT2D eigenvalue weighted by Gasteiger charge is 2.20. The largest absolute Gasteiger partial charge is 0.324 e. The lowest BCUT2D eigenvalue weighted by Gasteiger charge is -2.15. The predicted octanol–water partition coefficient (Wildman–Crippen LogP) is 4.30. The summed E-state index contributed by atoms with van der Waals surface area (Å²) in [5.41, 5.74) is 0.587. The second kappa shape index (κ2) is 6.18. The van der Waals surface area contributed by atoms with Gasteiger partial charge in [0.1, 0.15) is 5.82 Å². The number of hydrogen-bond donors (Lipinski definition) is 2. The van der Waals surface area contributed by atoms with Crippen LogP contribution >= 0.6 is 11.6 Å². The fraction of sp³-hybridized carbons (Fsp3) is 0.333. The molecule has 1 aromatic carbocycles. The molecule has 0 unspecified atom stereocenters. The summed E-state index contributed by atoms with van der Waals surface area (Å²) < 4.78 is 1.90. The first-order valence-electron chi connectivity index (χ1n) is 7.10. The maximum absolute atomic E-state index is 12.1. The number of benzene rings is 1. The molecule has 3 rings (SSSR count). The molecule has 2 aromatic rings. The molecule has 1 fully saturated rings. The molecule has 2 N–H and O–H groups in total. The molecule has 0 bridgehead atoms. The van der Waals surface area contributed by atoms with Crippen molar-refractivity contribution in [1.82, 2.24) is 9.78 Å². The third-order valence-electron chi connectivity index (χ3n) is 3.70. The van der Waals surface area contributed by atoms with Gasteiger partial charge in [-0.25, -0.2) is 9.48 Å². The minimum Gasteiger partial charge on any atom is -0.306 e. The smallest absolute Gasteiger partial charge is 0.306 e. The zero-order chi connectivity index (χ0) is 14.7. The second-order valence-corrected chi connectivity index (χ2v) is 5.57. The number of rotatable bonds is 3. The highest BCUT2D eigenvalue weighted by molar-refractivity contribution is 6.33. The van der Waals surface area contributed by atoms with Crippen molar-refractivity contribution in [3.8, 4) is 0 Å². The van der Waals surface area contributed by atoms with E-state index in [9.17, 15) is 4.79 Å². The van der Waals surface area contributed by atoms with E-state index in [1.54, 1.807) is 18.3 Å². The van der Waals surface area contributed by atoms with Crippen molar-refractivity contribution in [3.05, 3.63) is 41.6 Å². The van der Waals surface area contributed by atoms with Crippen LogP contribution in [0.25, 0.3) is 0 Å². The van der Waals surface area contributed by atoms with Crippen LogP contribution in [0, 0.1) is 0 Å². The molecule has 0 atom stereocenters. The van der Waals surface area contributed by atoms with E-state index >= 15 is 0 Å². The Hall–Kier alpha value is -2.01. The van der Waals surface area contributed by atoms with Crippen LogP contribution in [0.4, 0.5) is 16.3 Å². The third kappa shape index (κ3) is 3.19. The number of nitrogens with zero attached hydrogens (tertiary/aromatic N) is 2. The van der Waals surface area contributed by atoms with Crippen molar-refractivity contribution in [3.63, 3.8) is 0 Å². The van der Waals surface area contributed by atoms with Gasteiger partial charge < -0.3 is 5.32 Å². The van der Waals surface area contributed by atoms with Crippen molar-refractivity contribution in [1.29, 1.82) is 0 Å². The van der Waals surface area contributed by atoms with Gasteiger partial charge in [-0.05, 0) is 25.0 Å². The molecular weight excluding hydrogens is 288 g/mol. The molecule has 110 valence electrons. The Balaban J connectivity index is 1.68. The average Bonchev–Trinajstić information content (AvgIpc) is 3.11. The van der Waals surface area contributed by atoms with Gasteiger partial charge in [0.15, 0.2) is 0 Å². The molecule has 1 saturated carbocycles. The van der Waals surface area contributed by atoms with E-state index in [4.69, 9.17) is 11.6 Å². The Morgan fingerprint density at radius 3 is 2.71 bits per heavy atom. The van der Waals surface area contributed by atoms with Gasteiger partial charge in [0, 0.05) is 6.07 Å². The van der Waals surface area contributed by atoms with Gasteiger partial charge in [0.25, 0.3) is 0 Å². The Bertz CT molecular complexity index is 634. The molecule has 2 amide bonds. The number of hydrogen-bond acceptors (Lipinski definition) is 2. The molecular formula is C15H17ClN4O. The van der Waals surface area contributed by atoms with E-state index in [1.165, 1.54) is 12.8 Å². The molecule has 0 aliphatic heterocycles. The van der Waals surface area contributed by atoms with Crippen LogP contribution in [-0.2, 0) is 0 Å². The molecule has 0 spiro atoms. The first kappa shape index (κ1) is 13.9. The highest BCUT2D eigenvalue weighted by atomic mass is 35.5. The molecule has 5 nitrogen and oxygen atoms in total. The molecule has 0 saturated heterocycles. The minimum atomic E-state index is -0.317. The van der Waals surface area contributed by atoms with Crippen LogP contribution in [0.5, 0.6) is 0 Å². The normalized spacial score (nSPS) is 15.1. The number of anilines is 2. The number of nitrogens with one attached hydrogen (secondary N) is 2. The Morgan fingerprint density at radius 2 is 1.95 bits per heavy atom. The van der Waals surface area contributed by atoms with Gasteiger partial charge in [0.2, 0.25) is 0 Å². The number of amides is 2. The molecule has 1 aromatic heterocycles. The topological polar surface area (TPSA) is 59.0 Å². The molecule has 6 heteroatoms. The zero-order valence-corrected chi connectivity index (χ0v) is 12.3. The lowest BCUT2D eigenvalue weighted by atomic mass is 10.2. The first-order chi connectivity index (χ1) is 10.2. The summed E-state index contributed by atoms with van der Waals surface area (Å²) in [6.07, 6.45) is 6.37. The lowest BCUT2D eigenvalue weighted by Crippen LogP contribution is -2.22. The van der Waals surface area contributed by atoms with Crippen LogP contribution in [0.15, 0.2) is 36.5 Å². The van der Waals surface area contributed by atoms with Crippen molar-refractivity contribution < 1.29 is 4.79 Å². The summed E-state index contributed by atoms with van der Waals surface area (Å²) in [5.74, 6) is 0.714. The summed E-state index contributed by atoms with van der Waals surface area (Å²) >= 11 is 6.03. The molecule has 0 radical (unpaired) electrons. The Labute approximate surface area is 128 Å². The van der Waals surface area contributed by atoms with Crippen LogP contribution in [0.3, 0.4) is 0 Å². The van der Waals surface area contributed by atoms with Crippen molar-refractivity contribution in [2.24, 2.45) is 0 Å². The molecule has 21 heavy (non-hydrogen) atoms. The fourth-order valence-electron chi connectivity index (χ4n) is 2.69. The summed E-state index contributed by atoms with van der Waals surface area (Å²) in [6.45, 7) is 0. The summed E-state index contributed by atoms with van der Waals surface area (Å²) in [5, 5.41) is 10.4. The number of carbonyl (C=O) groups excluding carboxylic acids is 1. The van der Waals surface area contributed by atoms with E-state index in [0.717, 1.165) is 12.8 Å². The van der Waals surface area contributed by atoms with E-state index in [-0.39, 0.29) is 6.03 Å². The van der Waals surface area contributed by atoms with E-state index in [0.29, 0.717) is 22.6 Å². The fourth-order valence-corrected chi connectivity index (χ4v) is 2.87. The SMILES string of the molecule is O=C(Nc1ccccc1Cl)Nc1ccnn1C1CCCC1. The van der Waals surface area contributed by atoms with Gasteiger partial charge >= 0.3 is 6.03 Å². The van der Waals surface area contributed by atoms with Gasteiger partial charge in [0.05, 0.1) is 22.9 Å². The van der Waals surface area contributed by atoms with Crippen LogP contribution in [0.2, 0.25) is 5.02 Å². The van der Waals surface area contributed by atoms with E-state index < -0.39 is 0 Å². The summed E-state index contributed by atoms with van der Waals surface area (Å²) in [6, 6.07) is 9.02. The number of halogens is 1. The summed E-state index contributed by atoms with van der Waals surface area (Å²) in [4.78, 5) is 12.1. The maximum atomic E-state index is 12.1. The monoisotopic (exact) mass is 304 g/mol. The maximum Gasteiger partial charge on any atom is 0.324 e. The molecule has 1 aliphatic carbocycles. The van der Waals surface area contributed by atoms with Gasteiger partial charge in [-0.1, -0.05) is 36.6 Å². The van der Waals surface area contributed by atoms with Gasteiger partial charge in [-0.2, -0.15) is 5.10 Å². The molecule has 1 aliphatic rings. The second-order valence-electron chi connectivity index (χ2n) is 5.16. The predicted molar refractivity (Wildman–Crippen MR) is 83.8 cm³/mol. The van der Waals surface area contributed by atoms with Crippen molar-refractivity contribution in [2.45, 2.75) is 31.7 Å². The zero-order valence-electron chi connectivity index (χ0n) is 11.6. The van der Waals surface area contributed by atoms with Crippen molar-refractivity contribution in [2.75, 3.05) is 10.6 Å². The van der Waals surface area contributed by atoms with E-state index in [1.807, 2.05) is 22.9 Å². The first-order valence-corrected chi connectivity index (χ1v) is 7.48. The minimum absolute atomic E-state index is 0.317. The van der Waals surface area contributed by atoms with Crippen LogP contribution in [0.1, 0.15) is 31.7 Å². The van der Waals surface area contributed by atoms with Gasteiger partial charge in [-0.15, -0.1) is 0 Å². The highest BCUT2D eigenvalue weighted by Crippen LogP contribution is 2.31. The standard InChI is InChI=1S/C15H17ClN4O/c16-12-7-3-4-8-13(12)18-15(21)19-14-9-10-17-20(14)11-5-1-2-6-11/h3-4,7-11H,1-2,5-6H2,(H2,18,19,21). The van der Waals surface area contributed by atoms with Crippen LogP contribution < -0.4 is 10.6 Å². The average molecular weight is 305 g/mol. The lowest BCUT2D eigenvalue weighted by molar-refractivity contribution is 0.262. The van der Waals surface area contributed by atoms with Gasteiger partial charge in [-0.3, -0.25) is 5.32 Å². The number of para-hydroxylation sites is 1. The Kier molecular flexibility index (Phi) is 4.10. The van der Waals surface area contributed by atoms with Crippen molar-refractivity contribution >= 4 is 29.1 Å².